The lowest BCUT2D eigenvalue weighted by atomic mass is 10.2. The number of fused-ring (bicyclic) bond motifs is 3. The Morgan fingerprint density at radius 1 is 1.37 bits per heavy atom. The Hall–Kier alpha value is -2.65. The smallest absolute Gasteiger partial charge is 0.341 e. The largest absolute Gasteiger partial charge is 0.482 e. The first-order chi connectivity index (χ1) is 13.2. The number of oxazole rings is 1. The lowest BCUT2D eigenvalue weighted by Crippen LogP contribution is -2.51. The minimum atomic E-state index is -1.02. The van der Waals surface area contributed by atoms with Crippen molar-refractivity contribution in [3.8, 4) is 16.3 Å². The second kappa shape index (κ2) is 6.50. The summed E-state index contributed by atoms with van der Waals surface area (Å²) in [5.74, 6) is -0.585. The molecule has 1 aromatic carbocycles. The van der Waals surface area contributed by atoms with E-state index in [-0.39, 0.29) is 0 Å². The van der Waals surface area contributed by atoms with Crippen molar-refractivity contribution in [2.24, 2.45) is 0 Å². The molecule has 140 valence electrons. The molecule has 4 heterocycles. The average molecular weight is 386 g/mol. The normalized spacial score (nSPS) is 21.7. The summed E-state index contributed by atoms with van der Waals surface area (Å²) >= 11 is 1.49. The summed E-state index contributed by atoms with van der Waals surface area (Å²) in [5, 5.41) is 15.2. The molecule has 2 fully saturated rings. The fourth-order valence-electron chi connectivity index (χ4n) is 3.83. The third-order valence-electron chi connectivity index (χ3n) is 4.96. The van der Waals surface area contributed by atoms with Gasteiger partial charge in [-0.3, -0.25) is 0 Å². The van der Waals surface area contributed by atoms with E-state index in [2.05, 4.69) is 20.2 Å². The molecule has 5 rings (SSSR count). The Kier molecular flexibility index (Phi) is 3.98. The summed E-state index contributed by atoms with van der Waals surface area (Å²) < 4.78 is 11.5. The molecule has 0 radical (unpaired) electrons. The highest BCUT2D eigenvalue weighted by atomic mass is 32.1. The Labute approximate surface area is 158 Å². The number of carboxylic acid groups (broad SMARTS) is 1. The third kappa shape index (κ3) is 3.13. The van der Waals surface area contributed by atoms with Crippen molar-refractivity contribution in [1.82, 2.24) is 15.3 Å². The van der Waals surface area contributed by atoms with Crippen LogP contribution in [0.3, 0.4) is 0 Å². The van der Waals surface area contributed by atoms with Crippen LogP contribution in [0.1, 0.15) is 12.8 Å². The molecule has 2 N–H and O–H groups in total. The maximum Gasteiger partial charge on any atom is 0.341 e. The maximum atomic E-state index is 10.8. The molecule has 2 bridgehead atoms. The summed E-state index contributed by atoms with van der Waals surface area (Å²) in [4.78, 5) is 22.1. The molecule has 2 aliphatic heterocycles. The van der Waals surface area contributed by atoms with E-state index in [0.717, 1.165) is 23.7 Å². The van der Waals surface area contributed by atoms with Gasteiger partial charge in [-0.15, -0.1) is 11.3 Å². The van der Waals surface area contributed by atoms with Gasteiger partial charge in [0.15, 0.2) is 12.2 Å². The van der Waals surface area contributed by atoms with E-state index in [9.17, 15) is 4.79 Å². The molecule has 0 saturated carbocycles. The number of carboxylic acids is 1. The van der Waals surface area contributed by atoms with Gasteiger partial charge in [-0.1, -0.05) is 0 Å². The van der Waals surface area contributed by atoms with E-state index in [0.29, 0.717) is 34.9 Å². The van der Waals surface area contributed by atoms with Crippen LogP contribution in [-0.4, -0.2) is 52.8 Å². The summed E-state index contributed by atoms with van der Waals surface area (Å²) in [6.45, 7) is 1.34. The van der Waals surface area contributed by atoms with Crippen molar-refractivity contribution in [3.05, 3.63) is 23.7 Å². The highest BCUT2D eigenvalue weighted by molar-refractivity contribution is 7.13. The van der Waals surface area contributed by atoms with Crippen molar-refractivity contribution in [2.75, 3.05) is 24.6 Å². The molecule has 3 aromatic rings. The molecule has 2 atom stereocenters. The fourth-order valence-corrected chi connectivity index (χ4v) is 4.48. The van der Waals surface area contributed by atoms with Crippen LogP contribution in [0.5, 0.6) is 5.75 Å². The number of aromatic nitrogens is 2. The maximum absolute atomic E-state index is 10.8. The number of aliphatic carboxylic acids is 1. The van der Waals surface area contributed by atoms with Crippen LogP contribution in [0.15, 0.2) is 28.1 Å². The summed E-state index contributed by atoms with van der Waals surface area (Å²) in [7, 11) is 0. The number of carbonyl (C=O) groups is 1. The predicted molar refractivity (Wildman–Crippen MR) is 100 cm³/mol. The fraction of sp³-hybridized carbons (Fsp3) is 0.389. The molecular weight excluding hydrogens is 368 g/mol. The minimum absolute atomic E-state index is 0.408. The first-order valence-electron chi connectivity index (χ1n) is 8.86. The van der Waals surface area contributed by atoms with Crippen LogP contribution in [0.2, 0.25) is 0 Å². The standard InChI is InChI=1S/C18H18N4O4S/c23-15(24)9-25-12-5-13(17-19-3-4-27-17)16-14(6-12)21-18(26-16)22-7-10-1-2-11(8-22)20-10/h3-6,10-11,20H,1-2,7-9H2,(H,23,24). The van der Waals surface area contributed by atoms with E-state index >= 15 is 0 Å². The highest BCUT2D eigenvalue weighted by Crippen LogP contribution is 2.37. The van der Waals surface area contributed by atoms with Gasteiger partial charge in [-0.25, -0.2) is 9.78 Å². The quantitative estimate of drug-likeness (QED) is 0.689. The third-order valence-corrected chi connectivity index (χ3v) is 5.77. The van der Waals surface area contributed by atoms with Gasteiger partial charge >= 0.3 is 5.97 Å². The van der Waals surface area contributed by atoms with Gasteiger partial charge in [-0.05, 0) is 18.9 Å². The molecule has 0 spiro atoms. The summed E-state index contributed by atoms with van der Waals surface area (Å²) in [5.41, 5.74) is 2.05. The van der Waals surface area contributed by atoms with Crippen molar-refractivity contribution in [3.63, 3.8) is 0 Å². The SMILES string of the molecule is O=C(O)COc1cc(-c2nccs2)c2oc(N3CC4CCC(C3)N4)nc2c1. The van der Waals surface area contributed by atoms with Gasteiger partial charge in [0.05, 0.1) is 5.56 Å². The van der Waals surface area contributed by atoms with Crippen LogP contribution < -0.4 is 15.0 Å². The molecule has 0 amide bonds. The van der Waals surface area contributed by atoms with Crippen molar-refractivity contribution >= 4 is 34.4 Å². The Balaban J connectivity index is 1.55. The van der Waals surface area contributed by atoms with Gasteiger partial charge in [0.25, 0.3) is 6.01 Å². The minimum Gasteiger partial charge on any atom is -0.482 e. The van der Waals surface area contributed by atoms with E-state index in [1.807, 2.05) is 5.38 Å². The van der Waals surface area contributed by atoms with E-state index in [1.165, 1.54) is 24.2 Å². The Morgan fingerprint density at radius 2 is 2.19 bits per heavy atom. The van der Waals surface area contributed by atoms with E-state index < -0.39 is 12.6 Å². The molecular formula is C18H18N4O4S. The zero-order chi connectivity index (χ0) is 18.4. The number of piperazine rings is 1. The highest BCUT2D eigenvalue weighted by Gasteiger charge is 2.34. The Morgan fingerprint density at radius 3 is 2.89 bits per heavy atom. The number of ether oxygens (including phenoxy) is 1. The number of thiazole rings is 1. The zero-order valence-electron chi connectivity index (χ0n) is 14.4. The van der Waals surface area contributed by atoms with Gasteiger partial charge in [0, 0.05) is 42.8 Å². The van der Waals surface area contributed by atoms with Crippen LogP contribution in [0.4, 0.5) is 6.01 Å². The average Bonchev–Trinajstić information content (AvgIpc) is 3.39. The van der Waals surface area contributed by atoms with Gasteiger partial charge < -0.3 is 24.5 Å². The van der Waals surface area contributed by atoms with Crippen LogP contribution in [0.25, 0.3) is 21.7 Å². The lowest BCUT2D eigenvalue weighted by molar-refractivity contribution is -0.139. The van der Waals surface area contributed by atoms with E-state index in [1.54, 1.807) is 18.3 Å². The number of hydrogen-bond donors (Lipinski definition) is 2. The molecule has 2 aromatic heterocycles. The zero-order valence-corrected chi connectivity index (χ0v) is 15.2. The lowest BCUT2D eigenvalue weighted by Gasteiger charge is -2.31. The number of hydrogen-bond acceptors (Lipinski definition) is 8. The number of nitrogens with zero attached hydrogens (tertiary/aromatic N) is 3. The molecule has 0 aliphatic carbocycles. The van der Waals surface area contributed by atoms with Crippen molar-refractivity contribution < 1.29 is 19.1 Å². The first-order valence-corrected chi connectivity index (χ1v) is 9.74. The second-order valence-electron chi connectivity index (χ2n) is 6.88. The molecule has 9 heteroatoms. The number of anilines is 1. The van der Waals surface area contributed by atoms with Gasteiger partial charge in [-0.2, -0.15) is 4.98 Å². The molecule has 2 unspecified atom stereocenters. The predicted octanol–water partition coefficient (Wildman–Crippen LogP) is 2.36. The van der Waals surface area contributed by atoms with Crippen molar-refractivity contribution in [1.29, 1.82) is 0 Å². The number of rotatable bonds is 5. The van der Waals surface area contributed by atoms with Gasteiger partial charge in [0.2, 0.25) is 0 Å². The molecule has 27 heavy (non-hydrogen) atoms. The van der Waals surface area contributed by atoms with Crippen LogP contribution in [-0.2, 0) is 4.79 Å². The summed E-state index contributed by atoms with van der Waals surface area (Å²) in [6.07, 6.45) is 4.08. The van der Waals surface area contributed by atoms with Crippen LogP contribution in [0, 0.1) is 0 Å². The topological polar surface area (TPSA) is 101 Å². The first kappa shape index (κ1) is 16.5. The Bertz CT molecular complexity index is 975. The summed E-state index contributed by atoms with van der Waals surface area (Å²) in [6, 6.07) is 5.04. The van der Waals surface area contributed by atoms with Crippen LogP contribution >= 0.6 is 11.3 Å². The second-order valence-corrected chi connectivity index (χ2v) is 7.77. The monoisotopic (exact) mass is 386 g/mol. The molecule has 8 nitrogen and oxygen atoms in total. The number of benzene rings is 1. The van der Waals surface area contributed by atoms with Crippen molar-refractivity contribution in [2.45, 2.75) is 24.9 Å². The van der Waals surface area contributed by atoms with Gasteiger partial charge in [0.1, 0.15) is 16.3 Å². The van der Waals surface area contributed by atoms with E-state index in [4.69, 9.17) is 14.3 Å². The number of nitrogens with one attached hydrogen (secondary N) is 1. The molecule has 2 saturated heterocycles. The molecule has 2 aliphatic rings.